The number of allylic oxidation sites excluding steroid dienone is 2. The van der Waals surface area contributed by atoms with E-state index in [9.17, 15) is 17.6 Å². The second-order valence-electron chi connectivity index (χ2n) is 13.1. The van der Waals surface area contributed by atoms with Crippen LogP contribution in [0.25, 0.3) is 27.7 Å². The van der Waals surface area contributed by atoms with Crippen molar-refractivity contribution in [1.82, 2.24) is 4.98 Å². The lowest BCUT2D eigenvalue weighted by atomic mass is 9.87. The topological polar surface area (TPSA) is 12.9 Å². The molecule has 1 aromatic heterocycles. The average molecular weight is 720 g/mol. The molecule has 4 aromatic carbocycles. The molecular formula is C45H57F4NS. The first-order chi connectivity index (χ1) is 22.7. The van der Waals surface area contributed by atoms with Crippen molar-refractivity contribution in [3.05, 3.63) is 150 Å². The molecule has 0 radical (unpaired) electrons. The third kappa shape index (κ3) is 14.4. The number of aromatic nitrogens is 1. The van der Waals surface area contributed by atoms with Crippen molar-refractivity contribution in [2.24, 2.45) is 0 Å². The van der Waals surface area contributed by atoms with Crippen LogP contribution in [0.1, 0.15) is 77.3 Å². The van der Waals surface area contributed by atoms with Crippen molar-refractivity contribution in [2.75, 3.05) is 6.26 Å². The highest BCUT2D eigenvalue weighted by molar-refractivity contribution is 8.27. The molecule has 0 atom stereocenters. The predicted octanol–water partition coefficient (Wildman–Crippen LogP) is 14.5. The maximum absolute atomic E-state index is 14.0. The monoisotopic (exact) mass is 719 g/mol. The summed E-state index contributed by atoms with van der Waals surface area (Å²) in [6.07, 6.45) is -0.676. The van der Waals surface area contributed by atoms with Gasteiger partial charge < -0.3 is 0 Å². The number of benzene rings is 4. The molecule has 51 heavy (non-hydrogen) atoms. The Balaban J connectivity index is 0.000000777. The minimum atomic E-state index is -4.53. The molecule has 0 unspecified atom stereocenters. The third-order valence-corrected chi connectivity index (χ3v) is 8.81. The Hall–Kier alpha value is -4.42. The van der Waals surface area contributed by atoms with Crippen LogP contribution in [0.15, 0.2) is 121 Å². The van der Waals surface area contributed by atoms with E-state index >= 15 is 0 Å². The van der Waals surface area contributed by atoms with Gasteiger partial charge in [0.15, 0.2) is 0 Å². The van der Waals surface area contributed by atoms with Gasteiger partial charge in [0.25, 0.3) is 0 Å². The van der Waals surface area contributed by atoms with Crippen LogP contribution in [0.5, 0.6) is 0 Å². The predicted molar refractivity (Wildman–Crippen MR) is 223 cm³/mol. The first kappa shape index (κ1) is 46.6. The molecule has 276 valence electrons. The van der Waals surface area contributed by atoms with Crippen LogP contribution in [0.2, 0.25) is 0 Å². The maximum atomic E-state index is 14.0. The van der Waals surface area contributed by atoms with Gasteiger partial charge in [-0.05, 0) is 103 Å². The van der Waals surface area contributed by atoms with Gasteiger partial charge in [0.05, 0.1) is 16.8 Å². The molecule has 5 rings (SSSR count). The van der Waals surface area contributed by atoms with Crippen molar-refractivity contribution in [1.29, 1.82) is 0 Å². The summed E-state index contributed by atoms with van der Waals surface area (Å²) in [6.45, 7) is 21.9. The standard InChI is InChI=1S/C19H13F4N.C11H16.C10H14S.C3H6.2CH4/c1-11(2)12-3-7-17-13(9-12)4-8-18(24-17)15-10-14(19(21,22)23)5-6-16(15)20;1-9-5-7-10(8-6-9)11(2,3)4;1-9-7-5-6-8-10(9)11(2,3)4;1-3-2;;/h3-10H,1H2,2H3;5-8H,1-4H3;5-8H,2-3H2,1,4H3;3H,1H2,2H3;2*1H4. The normalized spacial score (nSPS) is 10.7. The Labute approximate surface area is 306 Å². The first-order valence-electron chi connectivity index (χ1n) is 15.8. The van der Waals surface area contributed by atoms with E-state index in [1.54, 1.807) is 18.2 Å². The molecule has 1 nitrogen and oxygen atoms in total. The van der Waals surface area contributed by atoms with Crippen LogP contribution in [-0.4, -0.2) is 23.0 Å². The zero-order valence-corrected chi connectivity index (χ0v) is 30.8. The largest absolute Gasteiger partial charge is 0.416 e. The van der Waals surface area contributed by atoms with Gasteiger partial charge in [-0.1, -0.05) is 126 Å². The number of aryl methyl sites for hydroxylation is 2. The molecule has 0 N–H and O–H groups in total. The van der Waals surface area contributed by atoms with Crippen molar-refractivity contribution in [3.63, 3.8) is 0 Å². The second-order valence-corrected chi connectivity index (χ2v) is 16.1. The van der Waals surface area contributed by atoms with Crippen LogP contribution < -0.4 is 0 Å². The molecule has 0 saturated heterocycles. The van der Waals surface area contributed by atoms with E-state index in [1.807, 2.05) is 38.1 Å². The van der Waals surface area contributed by atoms with Crippen LogP contribution in [0.4, 0.5) is 17.6 Å². The fraction of sp³-hybridized carbons (Fsp3) is 0.267. The van der Waals surface area contributed by atoms with E-state index < -0.39 is 26.8 Å². The summed E-state index contributed by atoms with van der Waals surface area (Å²) in [5.74, 6) is 7.41. The smallest absolute Gasteiger partial charge is 0.248 e. The van der Waals surface area contributed by atoms with Gasteiger partial charge in [0.2, 0.25) is 0 Å². The number of hydrogen-bond acceptors (Lipinski definition) is 1. The number of rotatable bonds is 3. The molecule has 1 heterocycles. The summed E-state index contributed by atoms with van der Waals surface area (Å²) in [5, 5.41) is 0.812. The van der Waals surface area contributed by atoms with Gasteiger partial charge in [-0.3, -0.25) is 0 Å². The number of fused-ring (bicyclic) bond motifs is 1. The quantitative estimate of drug-likeness (QED) is 0.103. The van der Waals surface area contributed by atoms with E-state index in [-0.39, 0.29) is 31.5 Å². The summed E-state index contributed by atoms with van der Waals surface area (Å²) in [4.78, 5) is 5.60. The molecule has 0 fully saturated rings. The Kier molecular flexibility index (Phi) is 18.1. The molecule has 5 aromatic rings. The zero-order chi connectivity index (χ0) is 37.2. The lowest BCUT2D eigenvalue weighted by Crippen LogP contribution is -2.10. The molecular weight excluding hydrogens is 663 g/mol. The van der Waals surface area contributed by atoms with E-state index in [4.69, 9.17) is 0 Å². The molecule has 0 bridgehead atoms. The molecule has 0 spiro atoms. The minimum Gasteiger partial charge on any atom is -0.248 e. The molecule has 6 heteroatoms. The SMILES string of the molecule is C.C.C=C(C)c1ccc2nc(-c3cc(C(F)(F)F)ccc3F)ccc2c1.C=CC.C=S(=C)(C)c1ccccc1C.Cc1ccc(C(C)(C)C)cc1. The second kappa shape index (κ2) is 19.8. The Bertz CT molecular complexity index is 1980. The molecule has 0 amide bonds. The molecule has 0 aliphatic carbocycles. The van der Waals surface area contributed by atoms with Gasteiger partial charge in [0, 0.05) is 10.9 Å². The van der Waals surface area contributed by atoms with E-state index in [0.717, 1.165) is 34.7 Å². The summed E-state index contributed by atoms with van der Waals surface area (Å²) in [5.41, 5.74) is 5.83. The van der Waals surface area contributed by atoms with Crippen molar-refractivity contribution >= 4 is 37.4 Å². The zero-order valence-electron chi connectivity index (χ0n) is 30.0. The first-order valence-corrected chi connectivity index (χ1v) is 18.1. The van der Waals surface area contributed by atoms with Gasteiger partial charge >= 0.3 is 6.18 Å². The number of hydrogen-bond donors (Lipinski definition) is 0. The fourth-order valence-electron chi connectivity index (χ4n) is 4.60. The van der Waals surface area contributed by atoms with Crippen molar-refractivity contribution < 1.29 is 17.6 Å². The Morgan fingerprint density at radius 1 is 0.784 bits per heavy atom. The lowest BCUT2D eigenvalue weighted by Gasteiger charge is -2.18. The third-order valence-electron chi connectivity index (χ3n) is 7.29. The van der Waals surface area contributed by atoms with Crippen LogP contribution in [-0.2, 0) is 11.6 Å². The Morgan fingerprint density at radius 3 is 1.80 bits per heavy atom. The molecule has 0 aliphatic rings. The Morgan fingerprint density at radius 2 is 1.33 bits per heavy atom. The van der Waals surface area contributed by atoms with E-state index in [2.05, 4.69) is 107 Å². The van der Waals surface area contributed by atoms with Crippen LogP contribution >= 0.6 is 9.21 Å². The number of halogens is 4. The lowest BCUT2D eigenvalue weighted by molar-refractivity contribution is -0.137. The number of alkyl halides is 3. The minimum absolute atomic E-state index is 0. The average Bonchev–Trinajstić information content (AvgIpc) is 3.00. The van der Waals surface area contributed by atoms with E-state index in [0.29, 0.717) is 5.52 Å². The summed E-state index contributed by atoms with van der Waals surface area (Å²) < 4.78 is 52.5. The molecule has 0 aliphatic heterocycles. The van der Waals surface area contributed by atoms with Gasteiger partial charge in [0.1, 0.15) is 5.82 Å². The van der Waals surface area contributed by atoms with Crippen LogP contribution in [0, 0.1) is 19.7 Å². The fourth-order valence-corrected chi connectivity index (χ4v) is 5.85. The van der Waals surface area contributed by atoms with Crippen LogP contribution in [0.3, 0.4) is 0 Å². The highest BCUT2D eigenvalue weighted by Crippen LogP contribution is 2.34. The highest BCUT2D eigenvalue weighted by Gasteiger charge is 2.31. The molecule has 0 saturated carbocycles. The van der Waals surface area contributed by atoms with Gasteiger partial charge in [-0.25, -0.2) is 9.37 Å². The number of pyridine rings is 1. The highest BCUT2D eigenvalue weighted by atomic mass is 32.2. The van der Waals surface area contributed by atoms with Gasteiger partial charge in [-0.2, -0.15) is 22.4 Å². The maximum Gasteiger partial charge on any atom is 0.416 e. The summed E-state index contributed by atoms with van der Waals surface area (Å²) in [7, 11) is -1.03. The number of nitrogens with zero attached hydrogens (tertiary/aromatic N) is 1. The van der Waals surface area contributed by atoms with Crippen molar-refractivity contribution in [2.45, 2.75) is 79.8 Å². The summed E-state index contributed by atoms with van der Waals surface area (Å²) >= 11 is 0. The van der Waals surface area contributed by atoms with E-state index in [1.165, 1.54) is 27.7 Å². The van der Waals surface area contributed by atoms with Crippen molar-refractivity contribution in [3.8, 4) is 11.3 Å². The van der Waals surface area contributed by atoms with Gasteiger partial charge in [-0.15, -0.1) is 6.58 Å². The summed E-state index contributed by atoms with van der Waals surface area (Å²) in [6, 6.07) is 28.1.